The molecule has 0 aliphatic carbocycles. The van der Waals surface area contributed by atoms with Gasteiger partial charge in [0.15, 0.2) is 0 Å². The monoisotopic (exact) mass is 156 g/mol. The van der Waals surface area contributed by atoms with Crippen molar-refractivity contribution < 1.29 is 4.74 Å². The zero-order chi connectivity index (χ0) is 8.69. The van der Waals surface area contributed by atoms with Gasteiger partial charge in [0.05, 0.1) is 12.4 Å². The minimum atomic E-state index is 0.656. The van der Waals surface area contributed by atoms with Gasteiger partial charge in [0.25, 0.3) is 0 Å². The molecule has 1 heteroatoms. The minimum Gasteiger partial charge on any atom is -0.498 e. The van der Waals surface area contributed by atoms with Gasteiger partial charge in [-0.15, -0.1) is 0 Å². The summed E-state index contributed by atoms with van der Waals surface area (Å²) in [5.41, 5.74) is 0. The fourth-order valence-corrected chi connectivity index (χ4v) is 0.729. The van der Waals surface area contributed by atoms with Gasteiger partial charge in [-0.3, -0.25) is 0 Å². The predicted molar refractivity (Wildman–Crippen MR) is 49.5 cm³/mol. The van der Waals surface area contributed by atoms with E-state index in [2.05, 4.69) is 27.4 Å². The van der Waals surface area contributed by atoms with E-state index in [4.69, 9.17) is 4.74 Å². The van der Waals surface area contributed by atoms with E-state index >= 15 is 0 Å². The van der Waals surface area contributed by atoms with Crippen LogP contribution in [0.5, 0.6) is 0 Å². The van der Waals surface area contributed by atoms with E-state index in [0.717, 1.165) is 25.2 Å². The van der Waals surface area contributed by atoms with Crippen LogP contribution in [0.1, 0.15) is 40.0 Å². The number of ether oxygens (including phenoxy) is 1. The fourth-order valence-electron chi connectivity index (χ4n) is 0.729. The maximum atomic E-state index is 5.44. The SMILES string of the molecule is C=C(CCC)OCC(C)CC. The third-order valence-electron chi connectivity index (χ3n) is 1.80. The Balaban J connectivity index is 3.30. The summed E-state index contributed by atoms with van der Waals surface area (Å²) in [4.78, 5) is 0. The van der Waals surface area contributed by atoms with Crippen molar-refractivity contribution >= 4 is 0 Å². The number of rotatable bonds is 6. The van der Waals surface area contributed by atoms with E-state index in [0.29, 0.717) is 5.92 Å². The van der Waals surface area contributed by atoms with Crippen LogP contribution >= 0.6 is 0 Å². The molecule has 0 heterocycles. The average molecular weight is 156 g/mol. The average Bonchev–Trinajstić information content (AvgIpc) is 2.01. The Morgan fingerprint density at radius 2 is 2.09 bits per heavy atom. The summed E-state index contributed by atoms with van der Waals surface area (Å²) >= 11 is 0. The maximum absolute atomic E-state index is 5.44. The van der Waals surface area contributed by atoms with E-state index < -0.39 is 0 Å². The first-order chi connectivity index (χ1) is 5.20. The summed E-state index contributed by atoms with van der Waals surface area (Å²) in [6.45, 7) is 11.2. The van der Waals surface area contributed by atoms with Crippen LogP contribution in [0.15, 0.2) is 12.3 Å². The van der Waals surface area contributed by atoms with E-state index in [9.17, 15) is 0 Å². The van der Waals surface area contributed by atoms with Gasteiger partial charge in [-0.2, -0.15) is 0 Å². The molecule has 0 saturated heterocycles. The second-order valence-corrected chi connectivity index (χ2v) is 3.11. The highest BCUT2D eigenvalue weighted by atomic mass is 16.5. The van der Waals surface area contributed by atoms with Gasteiger partial charge < -0.3 is 4.74 Å². The lowest BCUT2D eigenvalue weighted by Crippen LogP contribution is -2.03. The van der Waals surface area contributed by atoms with Crippen LogP contribution in [0.3, 0.4) is 0 Å². The van der Waals surface area contributed by atoms with Crippen molar-refractivity contribution in [3.63, 3.8) is 0 Å². The molecule has 0 amide bonds. The van der Waals surface area contributed by atoms with Crippen LogP contribution in [-0.4, -0.2) is 6.61 Å². The molecule has 66 valence electrons. The van der Waals surface area contributed by atoms with Crippen LogP contribution in [0.2, 0.25) is 0 Å². The van der Waals surface area contributed by atoms with E-state index in [1.54, 1.807) is 0 Å². The molecule has 11 heavy (non-hydrogen) atoms. The van der Waals surface area contributed by atoms with Crippen molar-refractivity contribution in [1.82, 2.24) is 0 Å². The highest BCUT2D eigenvalue weighted by Gasteiger charge is 1.99. The smallest absolute Gasteiger partial charge is 0.0902 e. The number of allylic oxidation sites excluding steroid dienone is 1. The molecular formula is C10H20O. The van der Waals surface area contributed by atoms with Gasteiger partial charge in [0, 0.05) is 6.42 Å². The van der Waals surface area contributed by atoms with Gasteiger partial charge in [0.1, 0.15) is 0 Å². The molecule has 0 aliphatic rings. The van der Waals surface area contributed by atoms with Gasteiger partial charge in [-0.05, 0) is 12.3 Å². The van der Waals surface area contributed by atoms with Crippen LogP contribution in [0.25, 0.3) is 0 Å². The van der Waals surface area contributed by atoms with Crippen LogP contribution in [0.4, 0.5) is 0 Å². The molecule has 1 nitrogen and oxygen atoms in total. The van der Waals surface area contributed by atoms with Crippen molar-refractivity contribution in [1.29, 1.82) is 0 Å². The Morgan fingerprint density at radius 1 is 1.45 bits per heavy atom. The van der Waals surface area contributed by atoms with Crippen LogP contribution < -0.4 is 0 Å². The molecule has 0 fully saturated rings. The summed E-state index contributed by atoms with van der Waals surface area (Å²) < 4.78 is 5.44. The minimum absolute atomic E-state index is 0.656. The van der Waals surface area contributed by atoms with Gasteiger partial charge in [-0.25, -0.2) is 0 Å². The highest BCUT2D eigenvalue weighted by molar-refractivity contribution is 4.81. The molecule has 1 unspecified atom stereocenters. The van der Waals surface area contributed by atoms with Crippen molar-refractivity contribution in [3.8, 4) is 0 Å². The molecule has 1 atom stereocenters. The summed E-state index contributed by atoms with van der Waals surface area (Å²) in [6, 6.07) is 0. The van der Waals surface area contributed by atoms with Crippen LogP contribution in [0, 0.1) is 5.92 Å². The Morgan fingerprint density at radius 3 is 2.55 bits per heavy atom. The lowest BCUT2D eigenvalue weighted by molar-refractivity contribution is 0.163. The molecule has 0 bridgehead atoms. The second kappa shape index (κ2) is 6.26. The molecule has 0 aromatic carbocycles. The topological polar surface area (TPSA) is 9.23 Å². The second-order valence-electron chi connectivity index (χ2n) is 3.11. The van der Waals surface area contributed by atoms with E-state index in [-0.39, 0.29) is 0 Å². The lowest BCUT2D eigenvalue weighted by Gasteiger charge is -2.11. The molecule has 0 rings (SSSR count). The summed E-state index contributed by atoms with van der Waals surface area (Å²) in [5.74, 6) is 1.59. The normalized spacial score (nSPS) is 12.6. The Kier molecular flexibility index (Phi) is 6.00. The van der Waals surface area contributed by atoms with Gasteiger partial charge in [-0.1, -0.05) is 33.8 Å². The first-order valence-corrected chi connectivity index (χ1v) is 4.51. The van der Waals surface area contributed by atoms with Gasteiger partial charge >= 0.3 is 0 Å². The maximum Gasteiger partial charge on any atom is 0.0902 e. The molecule has 0 saturated carbocycles. The molecular weight excluding hydrogens is 136 g/mol. The van der Waals surface area contributed by atoms with Crippen molar-refractivity contribution in [2.45, 2.75) is 40.0 Å². The highest BCUT2D eigenvalue weighted by Crippen LogP contribution is 2.08. The lowest BCUT2D eigenvalue weighted by atomic mass is 10.1. The Hall–Kier alpha value is -0.460. The largest absolute Gasteiger partial charge is 0.498 e. The van der Waals surface area contributed by atoms with Crippen molar-refractivity contribution in [3.05, 3.63) is 12.3 Å². The summed E-state index contributed by atoms with van der Waals surface area (Å²) in [7, 11) is 0. The zero-order valence-corrected chi connectivity index (χ0v) is 8.02. The van der Waals surface area contributed by atoms with Crippen LogP contribution in [-0.2, 0) is 4.74 Å². The molecule has 0 aromatic heterocycles. The summed E-state index contributed by atoms with van der Waals surface area (Å²) in [5, 5.41) is 0. The van der Waals surface area contributed by atoms with Gasteiger partial charge in [0.2, 0.25) is 0 Å². The first-order valence-electron chi connectivity index (χ1n) is 4.51. The molecule has 0 radical (unpaired) electrons. The summed E-state index contributed by atoms with van der Waals surface area (Å²) in [6.07, 6.45) is 3.30. The Bertz CT molecular complexity index is 107. The van der Waals surface area contributed by atoms with Crippen molar-refractivity contribution in [2.24, 2.45) is 5.92 Å². The Labute approximate surface area is 70.4 Å². The van der Waals surface area contributed by atoms with E-state index in [1.165, 1.54) is 6.42 Å². The molecule has 0 N–H and O–H groups in total. The standard InChI is InChI=1S/C10H20O/c1-5-7-10(4)11-8-9(3)6-2/h9H,4-8H2,1-3H3. The quantitative estimate of drug-likeness (QED) is 0.536. The number of hydrogen-bond donors (Lipinski definition) is 0. The number of hydrogen-bond acceptors (Lipinski definition) is 1. The fraction of sp³-hybridized carbons (Fsp3) is 0.800. The molecule has 0 aliphatic heterocycles. The third-order valence-corrected chi connectivity index (χ3v) is 1.80. The van der Waals surface area contributed by atoms with Crippen molar-refractivity contribution in [2.75, 3.05) is 6.61 Å². The first kappa shape index (κ1) is 10.5. The zero-order valence-electron chi connectivity index (χ0n) is 8.02. The third kappa shape index (κ3) is 5.96. The molecule has 0 aromatic rings. The molecule has 0 spiro atoms. The predicted octanol–water partition coefficient (Wildman–Crippen LogP) is 3.36. The van der Waals surface area contributed by atoms with E-state index in [1.807, 2.05) is 0 Å².